The minimum atomic E-state index is -0.301. The predicted octanol–water partition coefficient (Wildman–Crippen LogP) is 3.94. The van der Waals surface area contributed by atoms with Gasteiger partial charge in [0, 0.05) is 10.6 Å². The Kier molecular flexibility index (Phi) is 4.15. The van der Waals surface area contributed by atoms with E-state index in [-0.39, 0.29) is 11.9 Å². The van der Waals surface area contributed by atoms with Crippen molar-refractivity contribution < 1.29 is 4.79 Å². The number of halogens is 2. The summed E-state index contributed by atoms with van der Waals surface area (Å²) >= 11 is 11.9. The molecule has 118 valence electrons. The van der Waals surface area contributed by atoms with Crippen LogP contribution in [0.1, 0.15) is 29.1 Å². The number of hydrogen-bond acceptors (Lipinski definition) is 3. The molecule has 0 fully saturated rings. The Labute approximate surface area is 142 Å². The third-order valence-electron chi connectivity index (χ3n) is 3.48. The monoisotopic (exact) mass is 348 g/mol. The number of amides is 1. The van der Waals surface area contributed by atoms with E-state index in [0.717, 1.165) is 11.0 Å². The van der Waals surface area contributed by atoms with Gasteiger partial charge in [0.2, 0.25) is 0 Å². The molecule has 0 bridgehead atoms. The third kappa shape index (κ3) is 3.25. The largest absolute Gasteiger partial charge is 0.398 e. The number of hydrogen-bond donors (Lipinski definition) is 3. The molecule has 0 aliphatic carbocycles. The molecule has 1 unspecified atom stereocenters. The van der Waals surface area contributed by atoms with E-state index in [0.29, 0.717) is 27.1 Å². The van der Waals surface area contributed by atoms with E-state index in [1.54, 1.807) is 24.3 Å². The highest BCUT2D eigenvalue weighted by molar-refractivity contribution is 6.33. The van der Waals surface area contributed by atoms with Crippen molar-refractivity contribution in [1.82, 2.24) is 15.3 Å². The first-order valence-electron chi connectivity index (χ1n) is 6.95. The summed E-state index contributed by atoms with van der Waals surface area (Å²) < 4.78 is 0. The van der Waals surface area contributed by atoms with Crippen LogP contribution < -0.4 is 11.1 Å². The molecule has 4 N–H and O–H groups in total. The average molecular weight is 349 g/mol. The number of fused-ring (bicyclic) bond motifs is 1. The molecule has 1 aromatic heterocycles. The lowest BCUT2D eigenvalue weighted by atomic mass is 10.2. The van der Waals surface area contributed by atoms with Gasteiger partial charge in [0.25, 0.3) is 5.91 Å². The van der Waals surface area contributed by atoms with Crippen LogP contribution in [0.3, 0.4) is 0 Å². The molecule has 3 aromatic rings. The van der Waals surface area contributed by atoms with E-state index < -0.39 is 0 Å². The fourth-order valence-electron chi connectivity index (χ4n) is 2.22. The number of benzene rings is 2. The van der Waals surface area contributed by atoms with Gasteiger partial charge >= 0.3 is 0 Å². The molecule has 0 radical (unpaired) electrons. The number of nitrogens with zero attached hydrogens (tertiary/aromatic N) is 1. The summed E-state index contributed by atoms with van der Waals surface area (Å²) in [6.07, 6.45) is 0. The Bertz CT molecular complexity index is 891. The second kappa shape index (κ2) is 6.10. The number of aromatic nitrogens is 2. The van der Waals surface area contributed by atoms with Crippen LogP contribution in [0.5, 0.6) is 0 Å². The first kappa shape index (κ1) is 15.6. The number of H-pyrrole nitrogens is 1. The molecule has 1 amide bonds. The van der Waals surface area contributed by atoms with Gasteiger partial charge in [-0.25, -0.2) is 4.98 Å². The van der Waals surface area contributed by atoms with Crippen molar-refractivity contribution in [3.05, 3.63) is 57.8 Å². The van der Waals surface area contributed by atoms with Gasteiger partial charge in [0.1, 0.15) is 5.82 Å². The van der Waals surface area contributed by atoms with Gasteiger partial charge < -0.3 is 16.0 Å². The van der Waals surface area contributed by atoms with Gasteiger partial charge in [0.15, 0.2) is 0 Å². The zero-order valence-corrected chi connectivity index (χ0v) is 13.7. The maximum Gasteiger partial charge on any atom is 0.251 e. The van der Waals surface area contributed by atoms with E-state index in [1.807, 2.05) is 13.0 Å². The van der Waals surface area contributed by atoms with E-state index in [9.17, 15) is 4.79 Å². The number of nitrogens with two attached hydrogens (primary N) is 1. The van der Waals surface area contributed by atoms with Crippen molar-refractivity contribution in [3.63, 3.8) is 0 Å². The molecule has 1 heterocycles. The number of carbonyl (C=O) groups is 1. The lowest BCUT2D eigenvalue weighted by Gasteiger charge is -2.12. The summed E-state index contributed by atoms with van der Waals surface area (Å²) in [6, 6.07) is 9.86. The van der Waals surface area contributed by atoms with Crippen LogP contribution in [-0.2, 0) is 0 Å². The van der Waals surface area contributed by atoms with Gasteiger partial charge in [-0.3, -0.25) is 4.79 Å². The molecule has 0 saturated carbocycles. The molecule has 2 aromatic carbocycles. The molecule has 3 rings (SSSR count). The highest BCUT2D eigenvalue weighted by Crippen LogP contribution is 2.22. The van der Waals surface area contributed by atoms with Crippen LogP contribution in [0.25, 0.3) is 11.0 Å². The number of aromatic amines is 1. The van der Waals surface area contributed by atoms with Crippen molar-refractivity contribution in [2.75, 3.05) is 5.73 Å². The molecular weight excluding hydrogens is 335 g/mol. The molecular formula is C16H14Cl2N4O. The average Bonchev–Trinajstić information content (AvgIpc) is 2.93. The Balaban J connectivity index is 1.80. The van der Waals surface area contributed by atoms with E-state index >= 15 is 0 Å². The first-order chi connectivity index (χ1) is 10.9. The number of carbonyl (C=O) groups excluding carboxylic acids is 1. The molecule has 1 atom stereocenters. The lowest BCUT2D eigenvalue weighted by Crippen LogP contribution is -2.27. The first-order valence-corrected chi connectivity index (χ1v) is 7.70. The van der Waals surface area contributed by atoms with Crippen LogP contribution in [-0.4, -0.2) is 15.9 Å². The zero-order chi connectivity index (χ0) is 16.6. The third-order valence-corrected chi connectivity index (χ3v) is 4.05. The predicted molar refractivity (Wildman–Crippen MR) is 92.8 cm³/mol. The molecule has 0 aliphatic rings. The topological polar surface area (TPSA) is 83.8 Å². The number of rotatable bonds is 3. The van der Waals surface area contributed by atoms with Gasteiger partial charge in [-0.2, -0.15) is 0 Å². The lowest BCUT2D eigenvalue weighted by molar-refractivity contribution is 0.0938. The smallest absolute Gasteiger partial charge is 0.251 e. The normalized spacial score (nSPS) is 12.3. The van der Waals surface area contributed by atoms with Crippen LogP contribution >= 0.6 is 23.2 Å². The van der Waals surface area contributed by atoms with Crippen LogP contribution in [0.2, 0.25) is 10.0 Å². The zero-order valence-electron chi connectivity index (χ0n) is 12.2. The van der Waals surface area contributed by atoms with Crippen molar-refractivity contribution >= 4 is 45.8 Å². The summed E-state index contributed by atoms with van der Waals surface area (Å²) in [4.78, 5) is 19.9. The van der Waals surface area contributed by atoms with E-state index in [2.05, 4.69) is 15.3 Å². The van der Waals surface area contributed by atoms with Crippen LogP contribution in [0.4, 0.5) is 5.69 Å². The number of anilines is 1. The van der Waals surface area contributed by atoms with Gasteiger partial charge in [-0.1, -0.05) is 23.2 Å². The Morgan fingerprint density at radius 2 is 2.04 bits per heavy atom. The van der Waals surface area contributed by atoms with Crippen molar-refractivity contribution in [1.29, 1.82) is 0 Å². The number of imidazole rings is 1. The maximum atomic E-state index is 12.3. The maximum absolute atomic E-state index is 12.3. The fraction of sp³-hybridized carbons (Fsp3) is 0.125. The molecule has 0 saturated heterocycles. The summed E-state index contributed by atoms with van der Waals surface area (Å²) in [6.45, 7) is 1.84. The van der Waals surface area contributed by atoms with Gasteiger partial charge in [-0.15, -0.1) is 0 Å². The number of nitrogen functional groups attached to an aromatic ring is 1. The highest BCUT2D eigenvalue weighted by Gasteiger charge is 2.15. The Morgan fingerprint density at radius 3 is 2.78 bits per heavy atom. The summed E-state index contributed by atoms with van der Waals surface area (Å²) in [7, 11) is 0. The minimum absolute atomic E-state index is 0.252. The highest BCUT2D eigenvalue weighted by atomic mass is 35.5. The van der Waals surface area contributed by atoms with Crippen molar-refractivity contribution in [3.8, 4) is 0 Å². The Hall–Kier alpha value is -2.24. The number of nitrogens with one attached hydrogen (secondary N) is 2. The summed E-state index contributed by atoms with van der Waals surface area (Å²) in [5.74, 6) is 0.398. The van der Waals surface area contributed by atoms with Gasteiger partial charge in [0.05, 0.1) is 27.8 Å². The molecule has 23 heavy (non-hydrogen) atoms. The summed E-state index contributed by atoms with van der Waals surface area (Å²) in [5.41, 5.74) is 8.14. The van der Waals surface area contributed by atoms with Crippen molar-refractivity contribution in [2.45, 2.75) is 13.0 Å². The Morgan fingerprint density at radius 1 is 1.26 bits per heavy atom. The van der Waals surface area contributed by atoms with Crippen LogP contribution in [0.15, 0.2) is 36.4 Å². The molecule has 0 spiro atoms. The van der Waals surface area contributed by atoms with Crippen LogP contribution in [0, 0.1) is 0 Å². The SMILES string of the molecule is CC(NC(=O)c1ccc(N)c(Cl)c1)c1nc2ccc(Cl)cc2[nH]1. The second-order valence-electron chi connectivity index (χ2n) is 5.21. The fourth-order valence-corrected chi connectivity index (χ4v) is 2.58. The molecule has 7 heteroatoms. The van der Waals surface area contributed by atoms with Gasteiger partial charge in [-0.05, 0) is 43.3 Å². The van der Waals surface area contributed by atoms with E-state index in [1.165, 1.54) is 6.07 Å². The molecule has 0 aliphatic heterocycles. The molecule has 5 nitrogen and oxygen atoms in total. The standard InChI is InChI=1S/C16H14Cl2N4O/c1-8(15-21-13-5-3-10(17)7-14(13)22-15)20-16(23)9-2-4-12(19)11(18)6-9/h2-8H,19H2,1H3,(H,20,23)(H,21,22). The minimum Gasteiger partial charge on any atom is -0.398 e. The van der Waals surface area contributed by atoms with E-state index in [4.69, 9.17) is 28.9 Å². The summed E-state index contributed by atoms with van der Waals surface area (Å²) in [5, 5.41) is 3.85. The van der Waals surface area contributed by atoms with Crippen molar-refractivity contribution in [2.24, 2.45) is 0 Å². The second-order valence-corrected chi connectivity index (χ2v) is 6.06. The quantitative estimate of drug-likeness (QED) is 0.626.